The number of esters is 1. The molecule has 0 radical (unpaired) electrons. The Bertz CT molecular complexity index is 136. The molecule has 0 aromatic rings. The van der Waals surface area contributed by atoms with Gasteiger partial charge < -0.3 is 10.1 Å². The quantitative estimate of drug-likeness (QED) is 0.531. The Morgan fingerprint density at radius 2 is 2.30 bits per heavy atom. The lowest BCUT2D eigenvalue weighted by atomic mass is 10.1. The second kappa shape index (κ2) is 3.01. The highest BCUT2D eigenvalue weighted by Gasteiger charge is 2.24. The molecule has 1 N–H and O–H groups in total. The molecule has 0 saturated carbocycles. The monoisotopic (exact) mass is 143 g/mol. The molecule has 10 heavy (non-hydrogen) atoms. The molecule has 0 unspecified atom stereocenters. The van der Waals surface area contributed by atoms with Gasteiger partial charge in [0, 0.05) is 25.9 Å². The molecular formula is C7H13NO2. The molecule has 1 saturated heterocycles. The van der Waals surface area contributed by atoms with Gasteiger partial charge in [-0.2, -0.15) is 0 Å². The predicted molar refractivity (Wildman–Crippen MR) is 37.6 cm³/mol. The third-order valence-corrected chi connectivity index (χ3v) is 1.76. The second-order valence-corrected chi connectivity index (χ2v) is 2.78. The van der Waals surface area contributed by atoms with Gasteiger partial charge in [0.1, 0.15) is 6.10 Å². The molecule has 1 rings (SSSR count). The molecule has 0 aromatic heterocycles. The van der Waals surface area contributed by atoms with Gasteiger partial charge in [0.25, 0.3) is 0 Å². The lowest BCUT2D eigenvalue weighted by molar-refractivity contribution is -0.146. The van der Waals surface area contributed by atoms with E-state index in [2.05, 4.69) is 12.2 Å². The van der Waals surface area contributed by atoms with Gasteiger partial charge in [-0.15, -0.1) is 0 Å². The molecule has 0 spiro atoms. The summed E-state index contributed by atoms with van der Waals surface area (Å²) in [4.78, 5) is 10.5. The Labute approximate surface area is 60.7 Å². The summed E-state index contributed by atoms with van der Waals surface area (Å²) in [6.07, 6.45) is 0.0949. The van der Waals surface area contributed by atoms with Gasteiger partial charge in [-0.3, -0.25) is 4.79 Å². The van der Waals surface area contributed by atoms with E-state index in [-0.39, 0.29) is 12.1 Å². The van der Waals surface area contributed by atoms with Crippen molar-refractivity contribution >= 4 is 5.97 Å². The predicted octanol–water partition coefficient (Wildman–Crippen LogP) is 0.157. The van der Waals surface area contributed by atoms with Crippen molar-refractivity contribution < 1.29 is 9.53 Å². The standard InChI is InChI=1S/C7H13NO2/c1-5-3-8-4-7(5)10-6(2)9/h5,7-8H,3-4H2,1-2H3/t5-,7-/m1/s1. The number of ether oxygens (including phenoxy) is 1. The maximum Gasteiger partial charge on any atom is 0.302 e. The molecule has 0 aromatic carbocycles. The number of hydrogen-bond acceptors (Lipinski definition) is 3. The minimum absolute atomic E-state index is 0.0949. The third kappa shape index (κ3) is 1.70. The fourth-order valence-corrected chi connectivity index (χ4v) is 1.16. The number of carbonyl (C=O) groups excluding carboxylic acids is 1. The van der Waals surface area contributed by atoms with Gasteiger partial charge in [-0.25, -0.2) is 0 Å². The summed E-state index contributed by atoms with van der Waals surface area (Å²) in [6.45, 7) is 5.29. The minimum Gasteiger partial charge on any atom is -0.461 e. The number of hydrogen-bond donors (Lipinski definition) is 1. The van der Waals surface area contributed by atoms with Crippen LogP contribution in [0.15, 0.2) is 0 Å². The Hall–Kier alpha value is -0.570. The van der Waals surface area contributed by atoms with Crippen LogP contribution in [0.3, 0.4) is 0 Å². The first-order valence-electron chi connectivity index (χ1n) is 3.58. The van der Waals surface area contributed by atoms with Crippen LogP contribution in [0.5, 0.6) is 0 Å². The molecule has 1 aliphatic heterocycles. The number of nitrogens with one attached hydrogen (secondary N) is 1. The average Bonchev–Trinajstić information content (AvgIpc) is 2.15. The lowest BCUT2D eigenvalue weighted by Crippen LogP contribution is -2.23. The van der Waals surface area contributed by atoms with E-state index in [9.17, 15) is 4.79 Å². The van der Waals surface area contributed by atoms with Gasteiger partial charge in [-0.05, 0) is 0 Å². The zero-order chi connectivity index (χ0) is 7.56. The van der Waals surface area contributed by atoms with Crippen molar-refractivity contribution in [2.45, 2.75) is 20.0 Å². The minimum atomic E-state index is -0.180. The highest BCUT2D eigenvalue weighted by atomic mass is 16.5. The van der Waals surface area contributed by atoms with Crippen molar-refractivity contribution in [2.75, 3.05) is 13.1 Å². The van der Waals surface area contributed by atoms with Crippen LogP contribution in [-0.4, -0.2) is 25.2 Å². The van der Waals surface area contributed by atoms with Crippen molar-refractivity contribution in [1.29, 1.82) is 0 Å². The van der Waals surface area contributed by atoms with Crippen molar-refractivity contribution in [3.63, 3.8) is 0 Å². The summed E-state index contributed by atoms with van der Waals surface area (Å²) in [6, 6.07) is 0. The Kier molecular flexibility index (Phi) is 2.27. The summed E-state index contributed by atoms with van der Waals surface area (Å²) >= 11 is 0. The van der Waals surface area contributed by atoms with E-state index in [1.807, 2.05) is 0 Å². The fourth-order valence-electron chi connectivity index (χ4n) is 1.16. The van der Waals surface area contributed by atoms with Gasteiger partial charge in [0.05, 0.1) is 0 Å². The Balaban J connectivity index is 2.33. The summed E-state index contributed by atoms with van der Waals surface area (Å²) < 4.78 is 5.02. The number of rotatable bonds is 1. The van der Waals surface area contributed by atoms with Gasteiger partial charge >= 0.3 is 5.97 Å². The van der Waals surface area contributed by atoms with Crippen LogP contribution < -0.4 is 5.32 Å². The smallest absolute Gasteiger partial charge is 0.302 e. The average molecular weight is 143 g/mol. The molecule has 0 bridgehead atoms. The Morgan fingerprint density at radius 3 is 2.70 bits per heavy atom. The van der Waals surface area contributed by atoms with E-state index < -0.39 is 0 Å². The van der Waals surface area contributed by atoms with Crippen LogP contribution in [0.25, 0.3) is 0 Å². The normalized spacial score (nSPS) is 32.2. The lowest BCUT2D eigenvalue weighted by Gasteiger charge is -2.13. The largest absolute Gasteiger partial charge is 0.461 e. The van der Waals surface area contributed by atoms with E-state index in [0.29, 0.717) is 5.92 Å². The van der Waals surface area contributed by atoms with Gasteiger partial charge in [0.2, 0.25) is 0 Å². The summed E-state index contributed by atoms with van der Waals surface area (Å²) in [5.74, 6) is 0.282. The van der Waals surface area contributed by atoms with Gasteiger partial charge in [-0.1, -0.05) is 6.92 Å². The number of carbonyl (C=O) groups is 1. The molecule has 3 heteroatoms. The highest BCUT2D eigenvalue weighted by Crippen LogP contribution is 2.11. The van der Waals surface area contributed by atoms with Crippen LogP contribution in [0, 0.1) is 5.92 Å². The molecule has 58 valence electrons. The molecule has 2 atom stereocenters. The zero-order valence-electron chi connectivity index (χ0n) is 6.39. The summed E-state index contributed by atoms with van der Waals surface area (Å²) in [5, 5.41) is 3.15. The zero-order valence-corrected chi connectivity index (χ0v) is 6.39. The van der Waals surface area contributed by atoms with Crippen LogP contribution in [-0.2, 0) is 9.53 Å². The molecule has 1 aliphatic rings. The van der Waals surface area contributed by atoms with Crippen molar-refractivity contribution in [3.05, 3.63) is 0 Å². The van der Waals surface area contributed by atoms with E-state index in [4.69, 9.17) is 4.74 Å². The first-order valence-corrected chi connectivity index (χ1v) is 3.58. The molecule has 1 fully saturated rings. The van der Waals surface area contributed by atoms with Crippen LogP contribution in [0.2, 0.25) is 0 Å². The third-order valence-electron chi connectivity index (χ3n) is 1.76. The van der Waals surface area contributed by atoms with E-state index in [1.54, 1.807) is 0 Å². The SMILES string of the molecule is CC(=O)O[C@@H]1CNC[C@H]1C. The highest BCUT2D eigenvalue weighted by molar-refractivity contribution is 5.66. The fraction of sp³-hybridized carbons (Fsp3) is 0.857. The first kappa shape index (κ1) is 7.54. The van der Waals surface area contributed by atoms with E-state index in [0.717, 1.165) is 13.1 Å². The maximum absolute atomic E-state index is 10.5. The van der Waals surface area contributed by atoms with Crippen LogP contribution in [0.1, 0.15) is 13.8 Å². The molecule has 3 nitrogen and oxygen atoms in total. The van der Waals surface area contributed by atoms with Crippen LogP contribution >= 0.6 is 0 Å². The molecule has 0 aliphatic carbocycles. The van der Waals surface area contributed by atoms with Crippen molar-refractivity contribution in [2.24, 2.45) is 5.92 Å². The molecule has 0 amide bonds. The summed E-state index contributed by atoms with van der Waals surface area (Å²) in [5.41, 5.74) is 0. The van der Waals surface area contributed by atoms with Crippen molar-refractivity contribution in [1.82, 2.24) is 5.32 Å². The topological polar surface area (TPSA) is 38.3 Å². The van der Waals surface area contributed by atoms with Gasteiger partial charge in [0.15, 0.2) is 0 Å². The first-order chi connectivity index (χ1) is 4.70. The molecule has 1 heterocycles. The van der Waals surface area contributed by atoms with E-state index >= 15 is 0 Å². The second-order valence-electron chi connectivity index (χ2n) is 2.78. The Morgan fingerprint density at radius 1 is 1.60 bits per heavy atom. The van der Waals surface area contributed by atoms with Crippen LogP contribution in [0.4, 0.5) is 0 Å². The summed E-state index contributed by atoms with van der Waals surface area (Å²) in [7, 11) is 0. The molecular weight excluding hydrogens is 130 g/mol. The van der Waals surface area contributed by atoms with E-state index in [1.165, 1.54) is 6.92 Å². The van der Waals surface area contributed by atoms with Crippen molar-refractivity contribution in [3.8, 4) is 0 Å². The maximum atomic E-state index is 10.5.